The topological polar surface area (TPSA) is 93.7 Å². The molecule has 0 amide bonds. The summed E-state index contributed by atoms with van der Waals surface area (Å²) in [5, 5.41) is 0. The van der Waals surface area contributed by atoms with Crippen molar-refractivity contribution in [1.29, 1.82) is 0 Å². The lowest BCUT2D eigenvalue weighted by Crippen LogP contribution is -2.28. The Balaban J connectivity index is 0.953. The zero-order valence-electron chi connectivity index (χ0n) is 42.6. The van der Waals surface area contributed by atoms with Crippen molar-refractivity contribution in [1.82, 2.24) is 13.7 Å². The maximum Gasteiger partial charge on any atom is 0.419 e. The van der Waals surface area contributed by atoms with Gasteiger partial charge in [0.15, 0.2) is 0 Å². The molecular formula is C63H63N3O6. The molecule has 0 bridgehead atoms. The van der Waals surface area contributed by atoms with Gasteiger partial charge in [-0.2, -0.15) is 0 Å². The van der Waals surface area contributed by atoms with Crippen LogP contribution in [-0.2, 0) is 14.2 Å². The molecule has 0 atom stereocenters. The van der Waals surface area contributed by atoms with Gasteiger partial charge in [-0.05, 0) is 168 Å². The van der Waals surface area contributed by atoms with E-state index < -0.39 is 35.1 Å². The minimum Gasteiger partial charge on any atom is -0.443 e. The van der Waals surface area contributed by atoms with Crippen molar-refractivity contribution in [3.05, 3.63) is 213 Å². The highest BCUT2D eigenvalue weighted by atomic mass is 16.6. The standard InChI is InChI=1S/C63H63N3O6/c1-61(2,3)70-58(67)64-44-10-12-54(64)38-34-50-26-18-46(19-27-50)14-16-48-22-30-52(31-23-48)36-40-56-42-43-57(66(56)60(69)72-63(7,8)9)41-37-53-32-24-49(25-33-53)17-15-47-20-28-51(29-21-47)35-39-55-13-11-45-65(55)59(68)71-62(4,5)6/h10-45H,1-9H3/b16-14+,17-15+,38-34+,39-35+,40-36+,41-37+. The van der Waals surface area contributed by atoms with Crippen LogP contribution in [0.3, 0.4) is 0 Å². The molecule has 9 nitrogen and oxygen atoms in total. The Bertz CT molecular complexity index is 2960. The van der Waals surface area contributed by atoms with Gasteiger partial charge in [-0.3, -0.25) is 9.13 Å². The molecule has 0 N–H and O–H groups in total. The highest BCUT2D eigenvalue weighted by molar-refractivity contribution is 5.84. The number of ether oxygens (including phenoxy) is 3. The Hall–Kier alpha value is -8.43. The summed E-state index contributed by atoms with van der Waals surface area (Å²) < 4.78 is 21.5. The van der Waals surface area contributed by atoms with Gasteiger partial charge >= 0.3 is 18.3 Å². The van der Waals surface area contributed by atoms with Gasteiger partial charge in [-0.15, -0.1) is 0 Å². The number of nitrogens with zero attached hydrogens (tertiary/aromatic N) is 3. The average Bonchev–Trinajstić information content (AvgIpc) is 4.10. The number of carbonyl (C=O) groups is 3. The zero-order chi connectivity index (χ0) is 51.5. The van der Waals surface area contributed by atoms with Crippen molar-refractivity contribution >= 4 is 91.2 Å². The number of benzene rings is 4. The second-order valence-electron chi connectivity index (χ2n) is 20.2. The number of rotatable bonds is 12. The molecule has 0 aliphatic rings. The smallest absolute Gasteiger partial charge is 0.419 e. The number of carbonyl (C=O) groups excluding carboxylic acids is 3. The minimum absolute atomic E-state index is 0.410. The van der Waals surface area contributed by atoms with Gasteiger partial charge in [-0.25, -0.2) is 19.0 Å². The summed E-state index contributed by atoms with van der Waals surface area (Å²) in [4.78, 5) is 38.8. The van der Waals surface area contributed by atoms with Crippen molar-refractivity contribution in [3.8, 4) is 0 Å². The maximum absolute atomic E-state index is 13.6. The third-order valence-corrected chi connectivity index (χ3v) is 10.7. The fourth-order valence-electron chi connectivity index (χ4n) is 7.25. The Labute approximate surface area is 424 Å². The van der Waals surface area contributed by atoms with Crippen LogP contribution in [0.2, 0.25) is 0 Å². The first-order valence-electron chi connectivity index (χ1n) is 24.0. The van der Waals surface area contributed by atoms with Gasteiger partial charge in [-0.1, -0.05) is 146 Å². The highest BCUT2D eigenvalue weighted by Crippen LogP contribution is 2.22. The fraction of sp³-hybridized carbons (Fsp3) is 0.190. The van der Waals surface area contributed by atoms with Crippen molar-refractivity contribution < 1.29 is 28.6 Å². The first-order valence-corrected chi connectivity index (χ1v) is 24.0. The SMILES string of the molecule is CC(C)(C)OC(=O)n1cccc1/C=C/c1ccc(/C=C/c2ccc(/C=C/c3ccc(/C=C/c4ccc(/C=C/c5ccc(/C=C/c6cccn6C(=O)OC(C)(C)C)cc5)cc4)n3C(=O)OC(C)(C)C)cc2)cc1. The van der Waals surface area contributed by atoms with Crippen molar-refractivity contribution in [2.24, 2.45) is 0 Å². The lowest BCUT2D eigenvalue weighted by molar-refractivity contribution is 0.0524. The number of hydrogen-bond acceptors (Lipinski definition) is 6. The molecule has 9 heteroatoms. The Morgan fingerprint density at radius 3 is 0.778 bits per heavy atom. The molecule has 366 valence electrons. The van der Waals surface area contributed by atoms with Crippen LogP contribution in [0.4, 0.5) is 14.4 Å². The van der Waals surface area contributed by atoms with Crippen LogP contribution < -0.4 is 0 Å². The molecule has 0 fully saturated rings. The lowest BCUT2D eigenvalue weighted by atomic mass is 10.1. The highest BCUT2D eigenvalue weighted by Gasteiger charge is 2.22. The van der Waals surface area contributed by atoms with Crippen LogP contribution in [0.1, 0.15) is 130 Å². The molecule has 0 saturated heterocycles. The molecule has 0 unspecified atom stereocenters. The lowest BCUT2D eigenvalue weighted by Gasteiger charge is -2.21. The largest absolute Gasteiger partial charge is 0.443 e. The quantitative estimate of drug-likeness (QED) is 0.0894. The summed E-state index contributed by atoms with van der Waals surface area (Å²) in [5.41, 5.74) is 9.25. The van der Waals surface area contributed by atoms with Gasteiger partial charge in [0.25, 0.3) is 0 Å². The second-order valence-corrected chi connectivity index (χ2v) is 20.2. The zero-order valence-corrected chi connectivity index (χ0v) is 42.6. The van der Waals surface area contributed by atoms with E-state index in [1.54, 1.807) is 17.0 Å². The van der Waals surface area contributed by atoms with Gasteiger partial charge < -0.3 is 14.2 Å². The predicted octanol–water partition coefficient (Wildman–Crippen LogP) is 16.5. The summed E-state index contributed by atoms with van der Waals surface area (Å²) >= 11 is 0. The van der Waals surface area contributed by atoms with Crippen molar-refractivity contribution in [3.63, 3.8) is 0 Å². The summed E-state index contributed by atoms with van der Waals surface area (Å²) in [6.45, 7) is 16.7. The van der Waals surface area contributed by atoms with E-state index >= 15 is 0 Å². The average molecular weight is 958 g/mol. The molecule has 72 heavy (non-hydrogen) atoms. The molecule has 0 aliphatic carbocycles. The third kappa shape index (κ3) is 15.3. The van der Waals surface area contributed by atoms with E-state index in [4.69, 9.17) is 14.2 Å². The molecule has 3 heterocycles. The van der Waals surface area contributed by atoms with E-state index in [-0.39, 0.29) is 0 Å². The predicted molar refractivity (Wildman–Crippen MR) is 298 cm³/mol. The van der Waals surface area contributed by atoms with Crippen LogP contribution in [-0.4, -0.2) is 48.8 Å². The normalized spacial score (nSPS) is 12.6. The van der Waals surface area contributed by atoms with Crippen LogP contribution in [0.15, 0.2) is 146 Å². The molecule has 0 aliphatic heterocycles. The maximum atomic E-state index is 13.6. The molecule has 0 spiro atoms. The molecule has 0 saturated carbocycles. The van der Waals surface area contributed by atoms with E-state index in [2.05, 4.69) is 72.8 Å². The number of aromatic nitrogens is 3. The van der Waals surface area contributed by atoms with Crippen LogP contribution in [0.25, 0.3) is 72.9 Å². The van der Waals surface area contributed by atoms with E-state index in [0.29, 0.717) is 11.4 Å². The minimum atomic E-state index is -0.676. The summed E-state index contributed by atoms with van der Waals surface area (Å²) in [6, 6.07) is 44.0. The number of hydrogen-bond donors (Lipinski definition) is 0. The first-order chi connectivity index (χ1) is 34.2. The molecular weight excluding hydrogens is 895 g/mol. The van der Waals surface area contributed by atoms with Crippen molar-refractivity contribution in [2.45, 2.75) is 79.1 Å². The molecule has 0 radical (unpaired) electrons. The fourth-order valence-corrected chi connectivity index (χ4v) is 7.25. The summed E-state index contributed by atoms with van der Waals surface area (Å²) in [7, 11) is 0. The van der Waals surface area contributed by atoms with Gasteiger partial charge in [0.2, 0.25) is 0 Å². The summed E-state index contributed by atoms with van der Waals surface area (Å²) in [5.74, 6) is 0. The van der Waals surface area contributed by atoms with Gasteiger partial charge in [0.05, 0.1) is 22.8 Å². The Morgan fingerprint density at radius 2 is 0.528 bits per heavy atom. The van der Waals surface area contributed by atoms with E-state index in [0.717, 1.165) is 55.9 Å². The molecule has 7 rings (SSSR count). The molecule has 4 aromatic carbocycles. The van der Waals surface area contributed by atoms with Gasteiger partial charge in [0, 0.05) is 12.4 Å². The van der Waals surface area contributed by atoms with E-state index in [9.17, 15) is 14.4 Å². The van der Waals surface area contributed by atoms with Gasteiger partial charge in [0.1, 0.15) is 16.8 Å². The molecule has 7 aromatic rings. The second kappa shape index (κ2) is 22.5. The van der Waals surface area contributed by atoms with E-state index in [1.165, 1.54) is 9.13 Å². The van der Waals surface area contributed by atoms with Crippen molar-refractivity contribution in [2.75, 3.05) is 0 Å². The Morgan fingerprint density at radius 1 is 0.306 bits per heavy atom. The Kier molecular flexibility index (Phi) is 16.1. The third-order valence-electron chi connectivity index (χ3n) is 10.7. The molecule has 3 aromatic heterocycles. The van der Waals surface area contributed by atoms with Crippen LogP contribution in [0, 0.1) is 0 Å². The van der Waals surface area contributed by atoms with Crippen LogP contribution in [0.5, 0.6) is 0 Å². The first kappa shape index (κ1) is 51.4. The van der Waals surface area contributed by atoms with E-state index in [1.807, 2.05) is 196 Å². The van der Waals surface area contributed by atoms with Crippen LogP contribution >= 0.6 is 0 Å². The monoisotopic (exact) mass is 957 g/mol. The summed E-state index contributed by atoms with van der Waals surface area (Å²) in [6.07, 6.45) is 26.0.